The van der Waals surface area contributed by atoms with Crippen LogP contribution in [0, 0.1) is 12.8 Å². The number of anilines is 1. The van der Waals surface area contributed by atoms with Gasteiger partial charge in [0.2, 0.25) is 0 Å². The minimum atomic E-state index is -0.484. The van der Waals surface area contributed by atoms with Crippen LogP contribution in [0.2, 0.25) is 0 Å². The van der Waals surface area contributed by atoms with Crippen LogP contribution >= 0.6 is 11.3 Å². The van der Waals surface area contributed by atoms with Gasteiger partial charge in [0.15, 0.2) is 0 Å². The van der Waals surface area contributed by atoms with Crippen LogP contribution in [0.5, 0.6) is 0 Å². The van der Waals surface area contributed by atoms with E-state index in [9.17, 15) is 9.90 Å². The van der Waals surface area contributed by atoms with Crippen LogP contribution in [0.15, 0.2) is 6.07 Å². The van der Waals surface area contributed by atoms with Gasteiger partial charge in [-0.15, -0.1) is 11.3 Å². The highest BCUT2D eigenvalue weighted by Gasteiger charge is 2.17. The standard InChI is InChI=1S/C13H22N2O2S/c1-4-9(5-2)11(16)7-15-13(17)12-6-10(14)8(3)18-12/h6,9,11,16H,4-5,7,14H2,1-3H3,(H,15,17). The predicted octanol–water partition coefficient (Wildman–Crippen LogP) is 2.17. The molecule has 1 aromatic heterocycles. The first-order valence-electron chi connectivity index (χ1n) is 6.31. The Morgan fingerprint density at radius 1 is 1.50 bits per heavy atom. The molecule has 5 heteroatoms. The molecule has 4 N–H and O–H groups in total. The van der Waals surface area contributed by atoms with E-state index in [2.05, 4.69) is 5.32 Å². The number of thiophene rings is 1. The number of hydrogen-bond donors (Lipinski definition) is 3. The summed E-state index contributed by atoms with van der Waals surface area (Å²) in [5.74, 6) is 0.0743. The van der Waals surface area contributed by atoms with Gasteiger partial charge in [-0.1, -0.05) is 26.7 Å². The maximum atomic E-state index is 11.8. The van der Waals surface area contributed by atoms with Gasteiger partial charge in [-0.05, 0) is 18.9 Å². The quantitative estimate of drug-likeness (QED) is 0.741. The molecule has 1 atom stereocenters. The molecule has 0 saturated carbocycles. The Bertz CT molecular complexity index is 380. The molecule has 0 bridgehead atoms. The van der Waals surface area contributed by atoms with Gasteiger partial charge < -0.3 is 16.2 Å². The number of carbonyl (C=O) groups excluding carboxylic acids is 1. The lowest BCUT2D eigenvalue weighted by Crippen LogP contribution is -2.35. The molecule has 0 fully saturated rings. The van der Waals surface area contributed by atoms with E-state index in [1.165, 1.54) is 11.3 Å². The van der Waals surface area contributed by atoms with Crippen LogP contribution in [0.3, 0.4) is 0 Å². The van der Waals surface area contributed by atoms with Crippen molar-refractivity contribution < 1.29 is 9.90 Å². The Hall–Kier alpha value is -1.07. The summed E-state index contributed by atoms with van der Waals surface area (Å²) in [5.41, 5.74) is 6.35. The van der Waals surface area contributed by atoms with Crippen LogP contribution in [0.25, 0.3) is 0 Å². The molecule has 1 amide bonds. The molecule has 0 saturated heterocycles. The fourth-order valence-corrected chi connectivity index (χ4v) is 2.75. The topological polar surface area (TPSA) is 75.3 Å². The number of carbonyl (C=O) groups is 1. The summed E-state index contributed by atoms with van der Waals surface area (Å²) in [5, 5.41) is 12.7. The molecule has 0 radical (unpaired) electrons. The van der Waals surface area contributed by atoms with Crippen molar-refractivity contribution in [3.8, 4) is 0 Å². The molecule has 1 heterocycles. The average Bonchev–Trinajstić information content (AvgIpc) is 2.68. The Labute approximate surface area is 112 Å². The van der Waals surface area contributed by atoms with E-state index < -0.39 is 6.10 Å². The minimum absolute atomic E-state index is 0.162. The van der Waals surface area contributed by atoms with Crippen LogP contribution in [0.1, 0.15) is 41.2 Å². The fraction of sp³-hybridized carbons (Fsp3) is 0.615. The van der Waals surface area contributed by atoms with Crippen LogP contribution in [-0.2, 0) is 0 Å². The lowest BCUT2D eigenvalue weighted by molar-refractivity contribution is 0.0819. The third kappa shape index (κ3) is 3.71. The number of nitrogen functional groups attached to an aromatic ring is 1. The Balaban J connectivity index is 2.51. The summed E-state index contributed by atoms with van der Waals surface area (Å²) in [6.07, 6.45) is 1.35. The lowest BCUT2D eigenvalue weighted by Gasteiger charge is -2.20. The highest BCUT2D eigenvalue weighted by molar-refractivity contribution is 7.14. The highest BCUT2D eigenvalue weighted by atomic mass is 32.1. The largest absolute Gasteiger partial charge is 0.398 e. The van der Waals surface area contributed by atoms with Gasteiger partial charge >= 0.3 is 0 Å². The highest BCUT2D eigenvalue weighted by Crippen LogP contribution is 2.23. The number of nitrogens with one attached hydrogen (secondary N) is 1. The molecule has 0 spiro atoms. The van der Waals surface area contributed by atoms with E-state index in [1.54, 1.807) is 6.07 Å². The molecule has 0 aliphatic rings. The maximum absolute atomic E-state index is 11.8. The summed E-state index contributed by atoms with van der Waals surface area (Å²) in [6.45, 7) is 6.27. The summed E-state index contributed by atoms with van der Waals surface area (Å²) < 4.78 is 0. The van der Waals surface area contributed by atoms with Crippen molar-refractivity contribution in [3.05, 3.63) is 15.8 Å². The van der Waals surface area contributed by atoms with Crippen molar-refractivity contribution in [1.82, 2.24) is 5.32 Å². The predicted molar refractivity (Wildman–Crippen MR) is 75.9 cm³/mol. The number of amides is 1. The molecule has 1 unspecified atom stereocenters. The SMILES string of the molecule is CCC(CC)C(O)CNC(=O)c1cc(N)c(C)s1. The summed E-state index contributed by atoms with van der Waals surface area (Å²) >= 11 is 1.38. The molecule has 102 valence electrons. The molecule has 18 heavy (non-hydrogen) atoms. The smallest absolute Gasteiger partial charge is 0.261 e. The van der Waals surface area contributed by atoms with E-state index in [4.69, 9.17) is 5.73 Å². The first-order chi connectivity index (χ1) is 8.49. The fourth-order valence-electron chi connectivity index (χ4n) is 1.89. The summed E-state index contributed by atoms with van der Waals surface area (Å²) in [7, 11) is 0. The van der Waals surface area contributed by atoms with Gasteiger partial charge in [0.25, 0.3) is 5.91 Å². The Morgan fingerprint density at radius 3 is 2.56 bits per heavy atom. The summed E-state index contributed by atoms with van der Waals surface area (Å²) in [4.78, 5) is 13.4. The maximum Gasteiger partial charge on any atom is 0.261 e. The van der Waals surface area contributed by atoms with E-state index in [-0.39, 0.29) is 11.8 Å². The number of aryl methyl sites for hydroxylation is 1. The van der Waals surface area contributed by atoms with Crippen molar-refractivity contribution in [1.29, 1.82) is 0 Å². The second kappa shape index (κ2) is 6.75. The zero-order chi connectivity index (χ0) is 13.7. The Morgan fingerprint density at radius 2 is 2.11 bits per heavy atom. The van der Waals surface area contributed by atoms with Gasteiger partial charge in [0.1, 0.15) is 0 Å². The van der Waals surface area contributed by atoms with Crippen LogP contribution in [0.4, 0.5) is 5.69 Å². The van der Waals surface area contributed by atoms with Crippen molar-refractivity contribution in [2.45, 2.75) is 39.7 Å². The number of rotatable bonds is 6. The minimum Gasteiger partial charge on any atom is -0.398 e. The lowest BCUT2D eigenvalue weighted by atomic mass is 9.96. The third-order valence-electron chi connectivity index (χ3n) is 3.24. The van der Waals surface area contributed by atoms with Gasteiger partial charge in [-0.2, -0.15) is 0 Å². The molecular weight excluding hydrogens is 248 g/mol. The van der Waals surface area contributed by atoms with E-state index in [1.807, 2.05) is 20.8 Å². The number of hydrogen-bond acceptors (Lipinski definition) is 4. The van der Waals surface area contributed by atoms with Crippen molar-refractivity contribution in [2.75, 3.05) is 12.3 Å². The molecule has 1 aromatic rings. The second-order valence-corrected chi connectivity index (χ2v) is 5.73. The molecule has 1 rings (SSSR count). The van der Waals surface area contributed by atoms with Crippen LogP contribution < -0.4 is 11.1 Å². The normalized spacial score (nSPS) is 12.7. The van der Waals surface area contributed by atoms with Gasteiger partial charge in [-0.3, -0.25) is 4.79 Å². The number of nitrogens with two attached hydrogens (primary N) is 1. The summed E-state index contributed by atoms with van der Waals surface area (Å²) in [6, 6.07) is 1.68. The number of aliphatic hydroxyl groups excluding tert-OH is 1. The second-order valence-electron chi connectivity index (χ2n) is 4.48. The van der Waals surface area contributed by atoms with Crippen LogP contribution in [-0.4, -0.2) is 23.7 Å². The van der Waals surface area contributed by atoms with Gasteiger partial charge in [0.05, 0.1) is 11.0 Å². The first-order valence-corrected chi connectivity index (χ1v) is 7.13. The molecule has 0 aliphatic carbocycles. The van der Waals surface area contributed by atoms with Gasteiger partial charge in [0, 0.05) is 17.1 Å². The van der Waals surface area contributed by atoms with Gasteiger partial charge in [-0.25, -0.2) is 0 Å². The molecular formula is C13H22N2O2S. The Kier molecular flexibility index (Phi) is 5.62. The van der Waals surface area contributed by atoms with Crippen molar-refractivity contribution in [3.63, 3.8) is 0 Å². The monoisotopic (exact) mass is 270 g/mol. The van der Waals surface area contributed by atoms with E-state index >= 15 is 0 Å². The van der Waals surface area contributed by atoms with E-state index in [0.29, 0.717) is 17.1 Å². The first kappa shape index (κ1) is 15.0. The average molecular weight is 270 g/mol. The molecule has 0 aliphatic heterocycles. The zero-order valence-electron chi connectivity index (χ0n) is 11.2. The third-order valence-corrected chi connectivity index (χ3v) is 4.31. The molecule has 4 nitrogen and oxygen atoms in total. The van der Waals surface area contributed by atoms with E-state index in [0.717, 1.165) is 17.7 Å². The zero-order valence-corrected chi connectivity index (χ0v) is 12.0. The van der Waals surface area contributed by atoms with Crippen molar-refractivity contribution >= 4 is 22.9 Å². The number of aliphatic hydroxyl groups is 1. The van der Waals surface area contributed by atoms with Crippen molar-refractivity contribution in [2.24, 2.45) is 5.92 Å². The molecule has 0 aromatic carbocycles.